The second-order valence-corrected chi connectivity index (χ2v) is 4.26. The van der Waals surface area contributed by atoms with Gasteiger partial charge in [0, 0.05) is 5.69 Å². The van der Waals surface area contributed by atoms with Crippen molar-refractivity contribution in [2.75, 3.05) is 11.9 Å². The van der Waals surface area contributed by atoms with Crippen LogP contribution in [0.1, 0.15) is 0 Å². The Kier molecular flexibility index (Phi) is 4.15. The lowest BCUT2D eigenvalue weighted by molar-refractivity contribution is -0.221. The maximum Gasteiger partial charge on any atom is 0.157 e. The minimum atomic E-state index is -1.36. The second-order valence-electron chi connectivity index (χ2n) is 4.26. The minimum absolute atomic E-state index is 0.433. The third-order valence-corrected chi connectivity index (χ3v) is 2.97. The summed E-state index contributed by atoms with van der Waals surface area (Å²) in [6, 6.07) is 9.03. The number of ether oxygens (including phenoxy) is 1. The largest absolute Gasteiger partial charge is 0.394 e. The van der Waals surface area contributed by atoms with Gasteiger partial charge >= 0.3 is 0 Å². The van der Waals surface area contributed by atoms with E-state index >= 15 is 0 Å². The molecule has 18 heavy (non-hydrogen) atoms. The van der Waals surface area contributed by atoms with E-state index in [1.54, 1.807) is 12.1 Å². The maximum absolute atomic E-state index is 9.80. The van der Waals surface area contributed by atoms with Crippen LogP contribution in [0.25, 0.3) is 0 Å². The number of para-hydroxylation sites is 1. The normalized spacial score (nSPS) is 36.3. The van der Waals surface area contributed by atoms with Gasteiger partial charge in [0.1, 0.15) is 24.4 Å². The van der Waals surface area contributed by atoms with Gasteiger partial charge in [0.15, 0.2) is 6.23 Å². The van der Waals surface area contributed by atoms with Crippen molar-refractivity contribution in [3.05, 3.63) is 30.3 Å². The van der Waals surface area contributed by atoms with Crippen LogP contribution in [0.2, 0.25) is 0 Å². The fraction of sp³-hybridized carbons (Fsp3) is 0.500. The van der Waals surface area contributed by atoms with Crippen molar-refractivity contribution in [2.45, 2.75) is 30.6 Å². The van der Waals surface area contributed by atoms with Gasteiger partial charge in [-0.25, -0.2) is 0 Å². The zero-order valence-electron chi connectivity index (χ0n) is 9.68. The molecule has 1 fully saturated rings. The van der Waals surface area contributed by atoms with E-state index < -0.39 is 37.3 Å². The zero-order chi connectivity index (χ0) is 13.1. The summed E-state index contributed by atoms with van der Waals surface area (Å²) in [6.45, 7) is -0.433. The van der Waals surface area contributed by atoms with E-state index in [1.165, 1.54) is 0 Å². The van der Waals surface area contributed by atoms with E-state index in [-0.39, 0.29) is 0 Å². The van der Waals surface area contributed by atoms with Crippen molar-refractivity contribution in [3.63, 3.8) is 0 Å². The quantitative estimate of drug-likeness (QED) is 0.470. The number of benzene rings is 1. The third-order valence-electron chi connectivity index (χ3n) is 2.97. The van der Waals surface area contributed by atoms with E-state index in [0.29, 0.717) is 5.69 Å². The lowest BCUT2D eigenvalue weighted by Crippen LogP contribution is -2.60. The highest BCUT2D eigenvalue weighted by atomic mass is 16.6. The molecule has 1 aromatic rings. The number of hydrogen-bond donors (Lipinski definition) is 5. The number of hydrogen-bond acceptors (Lipinski definition) is 6. The molecule has 5 atom stereocenters. The van der Waals surface area contributed by atoms with Crippen LogP contribution in [0.15, 0.2) is 30.3 Å². The predicted octanol–water partition coefficient (Wildman–Crippen LogP) is -1.10. The molecule has 0 spiro atoms. The fourth-order valence-corrected chi connectivity index (χ4v) is 1.92. The van der Waals surface area contributed by atoms with Crippen molar-refractivity contribution in [3.8, 4) is 0 Å². The molecule has 1 aromatic carbocycles. The molecular formula is C12H17NO5. The summed E-state index contributed by atoms with van der Waals surface area (Å²) in [5.41, 5.74) is 0.710. The number of aliphatic hydroxyl groups is 4. The summed E-state index contributed by atoms with van der Waals surface area (Å²) in [7, 11) is 0. The van der Waals surface area contributed by atoms with Gasteiger partial charge in [0.05, 0.1) is 6.61 Å². The van der Waals surface area contributed by atoms with Crippen LogP contribution < -0.4 is 5.32 Å². The first-order chi connectivity index (χ1) is 8.63. The number of aliphatic hydroxyl groups excluding tert-OH is 4. The summed E-state index contributed by atoms with van der Waals surface area (Å²) in [6.07, 6.45) is -5.76. The summed E-state index contributed by atoms with van der Waals surface area (Å²) >= 11 is 0. The Bertz CT molecular complexity index is 372. The number of anilines is 1. The van der Waals surface area contributed by atoms with Crippen molar-refractivity contribution in [1.82, 2.24) is 0 Å². The zero-order valence-corrected chi connectivity index (χ0v) is 9.68. The molecular weight excluding hydrogens is 238 g/mol. The smallest absolute Gasteiger partial charge is 0.157 e. The number of nitrogens with one attached hydrogen (secondary N) is 1. The summed E-state index contributed by atoms with van der Waals surface area (Å²) < 4.78 is 5.31. The topological polar surface area (TPSA) is 102 Å². The van der Waals surface area contributed by atoms with Crippen LogP contribution in [0.4, 0.5) is 5.69 Å². The van der Waals surface area contributed by atoms with Crippen molar-refractivity contribution >= 4 is 5.69 Å². The Labute approximate surface area is 104 Å². The monoisotopic (exact) mass is 255 g/mol. The molecule has 0 saturated carbocycles. The van der Waals surface area contributed by atoms with Crippen LogP contribution in [0.5, 0.6) is 0 Å². The molecule has 1 aliphatic rings. The molecule has 6 nitrogen and oxygen atoms in total. The maximum atomic E-state index is 9.80. The molecule has 6 heteroatoms. The van der Waals surface area contributed by atoms with Crippen LogP contribution in [0, 0.1) is 0 Å². The molecule has 0 aliphatic carbocycles. The minimum Gasteiger partial charge on any atom is -0.394 e. The molecule has 0 aromatic heterocycles. The first kappa shape index (κ1) is 13.3. The highest BCUT2D eigenvalue weighted by Crippen LogP contribution is 2.22. The summed E-state index contributed by atoms with van der Waals surface area (Å²) in [4.78, 5) is 0. The lowest BCUT2D eigenvalue weighted by Gasteiger charge is -2.40. The van der Waals surface area contributed by atoms with Gasteiger partial charge in [-0.3, -0.25) is 0 Å². The molecule has 0 amide bonds. The molecule has 1 aliphatic heterocycles. The van der Waals surface area contributed by atoms with Crippen LogP contribution in [-0.4, -0.2) is 57.7 Å². The SMILES string of the molecule is OC[C@@H]1O[C@H](Nc2ccccc2)[C@H](O)[C@@H](O)[C@H]1O. The highest BCUT2D eigenvalue weighted by Gasteiger charge is 2.43. The lowest BCUT2D eigenvalue weighted by atomic mass is 9.98. The molecule has 0 bridgehead atoms. The second kappa shape index (κ2) is 5.64. The molecule has 0 radical (unpaired) electrons. The Morgan fingerprint density at radius 1 is 1.00 bits per heavy atom. The first-order valence-electron chi connectivity index (χ1n) is 5.75. The predicted molar refractivity (Wildman–Crippen MR) is 63.8 cm³/mol. The molecule has 0 unspecified atom stereocenters. The Morgan fingerprint density at radius 2 is 1.67 bits per heavy atom. The summed E-state index contributed by atoms with van der Waals surface area (Å²) in [5.74, 6) is 0. The molecule has 2 rings (SSSR count). The molecule has 1 saturated heterocycles. The Balaban J connectivity index is 2.08. The van der Waals surface area contributed by atoms with Crippen molar-refractivity contribution in [1.29, 1.82) is 0 Å². The van der Waals surface area contributed by atoms with Crippen LogP contribution >= 0.6 is 0 Å². The molecule has 100 valence electrons. The molecule has 1 heterocycles. The Hall–Kier alpha value is -1.18. The Morgan fingerprint density at radius 3 is 2.28 bits per heavy atom. The van der Waals surface area contributed by atoms with Gasteiger partial charge in [0.25, 0.3) is 0 Å². The van der Waals surface area contributed by atoms with E-state index in [0.717, 1.165) is 0 Å². The van der Waals surface area contributed by atoms with E-state index in [1.807, 2.05) is 18.2 Å². The standard InChI is InChI=1S/C12H17NO5/c14-6-8-9(15)10(16)11(17)12(18-8)13-7-4-2-1-3-5-7/h1-5,8-17H,6H2/t8-,9-,10-,11+,12-/m0/s1. The highest BCUT2D eigenvalue weighted by molar-refractivity contribution is 5.43. The van der Waals surface area contributed by atoms with Gasteiger partial charge in [-0.05, 0) is 12.1 Å². The third kappa shape index (κ3) is 2.63. The van der Waals surface area contributed by atoms with E-state index in [9.17, 15) is 15.3 Å². The van der Waals surface area contributed by atoms with Crippen molar-refractivity contribution < 1.29 is 25.2 Å². The van der Waals surface area contributed by atoms with Gasteiger partial charge in [-0.15, -0.1) is 0 Å². The van der Waals surface area contributed by atoms with Gasteiger partial charge in [-0.2, -0.15) is 0 Å². The number of rotatable bonds is 3. The van der Waals surface area contributed by atoms with E-state index in [2.05, 4.69) is 5.32 Å². The van der Waals surface area contributed by atoms with Gasteiger partial charge in [-0.1, -0.05) is 18.2 Å². The first-order valence-corrected chi connectivity index (χ1v) is 5.75. The average molecular weight is 255 g/mol. The summed E-state index contributed by atoms with van der Waals surface area (Å²) in [5, 5.41) is 41.0. The average Bonchev–Trinajstić information content (AvgIpc) is 2.40. The van der Waals surface area contributed by atoms with Gasteiger partial charge in [0.2, 0.25) is 0 Å². The fourth-order valence-electron chi connectivity index (χ4n) is 1.92. The van der Waals surface area contributed by atoms with Crippen LogP contribution in [0.3, 0.4) is 0 Å². The molecule has 5 N–H and O–H groups in total. The van der Waals surface area contributed by atoms with E-state index in [4.69, 9.17) is 9.84 Å². The van der Waals surface area contributed by atoms with Crippen molar-refractivity contribution in [2.24, 2.45) is 0 Å². The van der Waals surface area contributed by atoms with Crippen LogP contribution in [-0.2, 0) is 4.74 Å². The van der Waals surface area contributed by atoms with Gasteiger partial charge < -0.3 is 30.5 Å².